The van der Waals surface area contributed by atoms with Crippen molar-refractivity contribution in [3.05, 3.63) is 0 Å². The Hall–Kier alpha value is -0.650. The molecule has 0 aromatic rings. The van der Waals surface area contributed by atoms with Crippen LogP contribution in [0.15, 0.2) is 0 Å². The molecule has 5 nitrogen and oxygen atoms in total. The molecule has 5 heteroatoms. The number of hydrogen-bond acceptors (Lipinski definition) is 4. The van der Waals surface area contributed by atoms with Gasteiger partial charge in [0.15, 0.2) is 0 Å². The summed E-state index contributed by atoms with van der Waals surface area (Å²) in [6.07, 6.45) is 1.06. The number of carbonyl (C=O) groups excluding carboxylic acids is 1. The molecule has 1 aliphatic heterocycles. The van der Waals surface area contributed by atoms with Gasteiger partial charge in [-0.15, -0.1) is 0 Å². The van der Waals surface area contributed by atoms with E-state index in [0.717, 1.165) is 39.1 Å². The average molecular weight is 214 g/mol. The lowest BCUT2D eigenvalue weighted by atomic mass is 10.4. The van der Waals surface area contributed by atoms with E-state index in [1.54, 1.807) is 0 Å². The molecule has 0 aromatic carbocycles. The van der Waals surface area contributed by atoms with E-state index >= 15 is 0 Å². The first-order chi connectivity index (χ1) is 7.22. The van der Waals surface area contributed by atoms with Crippen LogP contribution in [-0.4, -0.2) is 62.1 Å². The lowest BCUT2D eigenvalue weighted by Gasteiger charge is -2.32. The van der Waals surface area contributed by atoms with Crippen molar-refractivity contribution in [3.8, 4) is 0 Å². The molecule has 0 aliphatic carbocycles. The first-order valence-electron chi connectivity index (χ1n) is 5.66. The van der Waals surface area contributed by atoms with E-state index in [1.807, 2.05) is 5.01 Å². The number of amides is 1. The van der Waals surface area contributed by atoms with E-state index in [2.05, 4.69) is 29.6 Å². The van der Waals surface area contributed by atoms with Gasteiger partial charge in [-0.3, -0.25) is 10.2 Å². The summed E-state index contributed by atoms with van der Waals surface area (Å²) < 4.78 is 0. The van der Waals surface area contributed by atoms with Crippen LogP contribution in [0.2, 0.25) is 0 Å². The molecular weight excluding hydrogens is 192 g/mol. The molecule has 0 saturated carbocycles. The third-order valence-corrected chi connectivity index (χ3v) is 2.50. The number of nitrogens with one attached hydrogen (secondary N) is 2. The Morgan fingerprint density at radius 2 is 1.93 bits per heavy atom. The zero-order chi connectivity index (χ0) is 11.1. The Labute approximate surface area is 91.8 Å². The van der Waals surface area contributed by atoms with Crippen LogP contribution < -0.4 is 10.7 Å². The minimum atomic E-state index is 0.0630. The topological polar surface area (TPSA) is 47.6 Å². The highest BCUT2D eigenvalue weighted by Crippen LogP contribution is 1.94. The number of rotatable bonds is 5. The van der Waals surface area contributed by atoms with E-state index in [0.29, 0.717) is 6.54 Å². The minimum Gasteiger partial charge on any atom is -0.308 e. The monoisotopic (exact) mass is 214 g/mol. The van der Waals surface area contributed by atoms with Crippen molar-refractivity contribution in [2.24, 2.45) is 0 Å². The number of carbonyl (C=O) groups is 1. The molecule has 0 atom stereocenters. The molecule has 1 aliphatic rings. The maximum Gasteiger partial charge on any atom is 0.248 e. The standard InChI is InChI=1S/C10H22N4O/c1-3-4-11-9-10(15)12-14-7-5-13(2)6-8-14/h11H,3-9H2,1-2H3,(H,12,15). The van der Waals surface area contributed by atoms with Gasteiger partial charge in [-0.2, -0.15) is 0 Å². The van der Waals surface area contributed by atoms with Crippen LogP contribution in [0.3, 0.4) is 0 Å². The molecule has 1 amide bonds. The van der Waals surface area contributed by atoms with E-state index in [-0.39, 0.29) is 5.91 Å². The smallest absolute Gasteiger partial charge is 0.248 e. The van der Waals surface area contributed by atoms with Crippen molar-refractivity contribution in [1.82, 2.24) is 20.7 Å². The molecule has 1 fully saturated rings. The van der Waals surface area contributed by atoms with Crippen LogP contribution in [0.5, 0.6) is 0 Å². The van der Waals surface area contributed by atoms with Crippen molar-refractivity contribution in [3.63, 3.8) is 0 Å². The van der Waals surface area contributed by atoms with Gasteiger partial charge in [0.05, 0.1) is 6.54 Å². The van der Waals surface area contributed by atoms with Crippen molar-refractivity contribution < 1.29 is 4.79 Å². The van der Waals surface area contributed by atoms with Crippen LogP contribution >= 0.6 is 0 Å². The fourth-order valence-corrected chi connectivity index (χ4v) is 1.51. The number of hydrazine groups is 1. The second-order valence-corrected chi connectivity index (χ2v) is 4.00. The van der Waals surface area contributed by atoms with Crippen molar-refractivity contribution in [2.75, 3.05) is 46.3 Å². The van der Waals surface area contributed by atoms with Gasteiger partial charge in [0, 0.05) is 26.2 Å². The molecule has 1 rings (SSSR count). The van der Waals surface area contributed by atoms with Crippen LogP contribution in [0.1, 0.15) is 13.3 Å². The lowest BCUT2D eigenvalue weighted by Crippen LogP contribution is -2.54. The van der Waals surface area contributed by atoms with E-state index in [9.17, 15) is 4.79 Å². The zero-order valence-electron chi connectivity index (χ0n) is 9.75. The molecule has 0 aromatic heterocycles. The molecule has 88 valence electrons. The van der Waals surface area contributed by atoms with E-state index in [4.69, 9.17) is 0 Å². The van der Waals surface area contributed by atoms with Gasteiger partial charge < -0.3 is 10.2 Å². The largest absolute Gasteiger partial charge is 0.308 e. The molecule has 0 unspecified atom stereocenters. The highest BCUT2D eigenvalue weighted by Gasteiger charge is 2.14. The van der Waals surface area contributed by atoms with Crippen LogP contribution in [-0.2, 0) is 4.79 Å². The summed E-state index contributed by atoms with van der Waals surface area (Å²) in [4.78, 5) is 13.7. The quantitative estimate of drug-likeness (QED) is 0.592. The fraction of sp³-hybridized carbons (Fsp3) is 0.900. The number of piperazine rings is 1. The predicted octanol–water partition coefficient (Wildman–Crippen LogP) is -0.735. The molecule has 0 spiro atoms. The minimum absolute atomic E-state index is 0.0630. The summed E-state index contributed by atoms with van der Waals surface area (Å²) in [5, 5.41) is 5.08. The van der Waals surface area contributed by atoms with Gasteiger partial charge in [0.1, 0.15) is 0 Å². The van der Waals surface area contributed by atoms with Gasteiger partial charge in [-0.1, -0.05) is 6.92 Å². The van der Waals surface area contributed by atoms with Crippen molar-refractivity contribution in [1.29, 1.82) is 0 Å². The van der Waals surface area contributed by atoms with Crippen LogP contribution in [0.4, 0.5) is 0 Å². The van der Waals surface area contributed by atoms with Gasteiger partial charge in [-0.05, 0) is 20.0 Å². The second kappa shape index (κ2) is 6.76. The summed E-state index contributed by atoms with van der Waals surface area (Å²) in [5.74, 6) is 0.0630. The molecular formula is C10H22N4O. The molecule has 2 N–H and O–H groups in total. The third kappa shape index (κ3) is 5.11. The van der Waals surface area contributed by atoms with Crippen LogP contribution in [0, 0.1) is 0 Å². The number of nitrogens with zero attached hydrogens (tertiary/aromatic N) is 2. The Kier molecular flexibility index (Phi) is 5.60. The summed E-state index contributed by atoms with van der Waals surface area (Å²) >= 11 is 0. The molecule has 0 radical (unpaired) electrons. The van der Waals surface area contributed by atoms with Crippen molar-refractivity contribution >= 4 is 5.91 Å². The van der Waals surface area contributed by atoms with Gasteiger partial charge in [0.25, 0.3) is 0 Å². The summed E-state index contributed by atoms with van der Waals surface area (Å²) in [7, 11) is 2.10. The zero-order valence-corrected chi connectivity index (χ0v) is 9.75. The average Bonchev–Trinajstić information content (AvgIpc) is 2.22. The SMILES string of the molecule is CCCNCC(=O)NN1CCN(C)CC1. The second-order valence-electron chi connectivity index (χ2n) is 4.00. The molecule has 1 heterocycles. The summed E-state index contributed by atoms with van der Waals surface area (Å²) in [6.45, 7) is 7.26. The van der Waals surface area contributed by atoms with Crippen molar-refractivity contribution in [2.45, 2.75) is 13.3 Å². The van der Waals surface area contributed by atoms with Crippen LogP contribution in [0.25, 0.3) is 0 Å². The molecule has 1 saturated heterocycles. The highest BCUT2D eigenvalue weighted by molar-refractivity contribution is 5.77. The maximum atomic E-state index is 11.4. The number of likely N-dealkylation sites (N-methyl/N-ethyl adjacent to an activating group) is 1. The first kappa shape index (κ1) is 12.4. The molecule has 0 bridgehead atoms. The third-order valence-electron chi connectivity index (χ3n) is 2.50. The maximum absolute atomic E-state index is 11.4. The Bertz CT molecular complexity index is 190. The van der Waals surface area contributed by atoms with E-state index < -0.39 is 0 Å². The van der Waals surface area contributed by atoms with Gasteiger partial charge in [-0.25, -0.2) is 5.01 Å². The first-order valence-corrected chi connectivity index (χ1v) is 5.66. The normalized spacial score (nSPS) is 19.1. The highest BCUT2D eigenvalue weighted by atomic mass is 16.2. The Morgan fingerprint density at radius 1 is 1.27 bits per heavy atom. The van der Waals surface area contributed by atoms with Gasteiger partial charge >= 0.3 is 0 Å². The summed E-state index contributed by atoms with van der Waals surface area (Å²) in [6, 6.07) is 0. The Balaban J connectivity index is 2.09. The predicted molar refractivity (Wildman–Crippen MR) is 60.4 cm³/mol. The Morgan fingerprint density at radius 3 is 2.53 bits per heavy atom. The summed E-state index contributed by atoms with van der Waals surface area (Å²) in [5.41, 5.74) is 2.90. The van der Waals surface area contributed by atoms with Gasteiger partial charge in [0.2, 0.25) is 5.91 Å². The lowest BCUT2D eigenvalue weighted by molar-refractivity contribution is -0.125. The fourth-order valence-electron chi connectivity index (χ4n) is 1.51. The molecule has 15 heavy (non-hydrogen) atoms. The number of hydrogen-bond donors (Lipinski definition) is 2. The van der Waals surface area contributed by atoms with E-state index in [1.165, 1.54) is 0 Å².